The van der Waals surface area contributed by atoms with Gasteiger partial charge in [-0.05, 0) is 68.8 Å². The monoisotopic (exact) mass is 276 g/mol. The highest BCUT2D eigenvalue weighted by Crippen LogP contribution is 2.29. The van der Waals surface area contributed by atoms with Crippen molar-refractivity contribution in [3.63, 3.8) is 0 Å². The molecule has 1 aromatic rings. The highest BCUT2D eigenvalue weighted by Gasteiger charge is 2.30. The molecular weight excluding hydrogens is 251 g/mol. The van der Waals surface area contributed by atoms with Crippen LogP contribution in [0.15, 0.2) is 24.3 Å². The van der Waals surface area contributed by atoms with Gasteiger partial charge in [-0.1, -0.05) is 12.1 Å². The van der Waals surface area contributed by atoms with Crippen LogP contribution in [-0.2, 0) is 6.42 Å². The largest absolute Gasteiger partial charge is 0.317 e. The summed E-state index contributed by atoms with van der Waals surface area (Å²) in [7, 11) is 0. The smallest absolute Gasteiger partial charge is 0.123 e. The van der Waals surface area contributed by atoms with Crippen LogP contribution in [0.1, 0.15) is 31.2 Å². The molecule has 0 amide bonds. The molecule has 20 heavy (non-hydrogen) atoms. The van der Waals surface area contributed by atoms with Crippen molar-refractivity contribution in [3.05, 3.63) is 35.6 Å². The van der Waals surface area contributed by atoms with Gasteiger partial charge in [-0.2, -0.15) is 0 Å². The van der Waals surface area contributed by atoms with Gasteiger partial charge in [0, 0.05) is 19.1 Å². The summed E-state index contributed by atoms with van der Waals surface area (Å²) in [5.41, 5.74) is 1.13. The van der Waals surface area contributed by atoms with Crippen LogP contribution >= 0.6 is 0 Å². The molecule has 0 bridgehead atoms. The Morgan fingerprint density at radius 1 is 1.15 bits per heavy atom. The molecule has 1 N–H and O–H groups in total. The van der Waals surface area contributed by atoms with Crippen molar-refractivity contribution < 1.29 is 4.39 Å². The molecule has 2 aliphatic rings. The van der Waals surface area contributed by atoms with Gasteiger partial charge in [0.1, 0.15) is 5.82 Å². The van der Waals surface area contributed by atoms with Gasteiger partial charge in [0.05, 0.1) is 0 Å². The van der Waals surface area contributed by atoms with Crippen molar-refractivity contribution in [2.24, 2.45) is 5.92 Å². The van der Waals surface area contributed by atoms with E-state index < -0.39 is 0 Å². The molecule has 0 aromatic heterocycles. The first-order valence-electron chi connectivity index (χ1n) is 8.00. The Kier molecular flexibility index (Phi) is 4.69. The van der Waals surface area contributed by atoms with E-state index in [9.17, 15) is 4.39 Å². The lowest BCUT2D eigenvalue weighted by molar-refractivity contribution is 0.199. The average Bonchev–Trinajstić information content (AvgIpc) is 3.29. The standard InChI is InChI=1S/C17H25FN2/c18-16-3-1-2-14(12-16)8-11-20(17-4-5-17)13-15-6-9-19-10-7-15/h1-3,12,15,17,19H,4-11,13H2. The molecule has 1 saturated carbocycles. The highest BCUT2D eigenvalue weighted by molar-refractivity contribution is 5.16. The van der Waals surface area contributed by atoms with Crippen molar-refractivity contribution >= 4 is 0 Å². The summed E-state index contributed by atoms with van der Waals surface area (Å²) >= 11 is 0. The summed E-state index contributed by atoms with van der Waals surface area (Å²) in [6, 6.07) is 7.86. The number of nitrogens with one attached hydrogen (secondary N) is 1. The Bertz CT molecular complexity index is 425. The zero-order valence-electron chi connectivity index (χ0n) is 12.2. The molecule has 0 atom stereocenters. The zero-order valence-corrected chi connectivity index (χ0v) is 12.2. The fraction of sp³-hybridized carbons (Fsp3) is 0.647. The lowest BCUT2D eigenvalue weighted by Gasteiger charge is -2.30. The predicted molar refractivity (Wildman–Crippen MR) is 80.3 cm³/mol. The summed E-state index contributed by atoms with van der Waals surface area (Å²) in [5.74, 6) is 0.739. The minimum atomic E-state index is -0.112. The van der Waals surface area contributed by atoms with E-state index in [-0.39, 0.29) is 5.82 Å². The summed E-state index contributed by atoms with van der Waals surface area (Å²) in [4.78, 5) is 2.65. The van der Waals surface area contributed by atoms with Crippen LogP contribution in [0, 0.1) is 11.7 Å². The lowest BCUT2D eigenvalue weighted by atomic mass is 9.97. The van der Waals surface area contributed by atoms with E-state index in [1.165, 1.54) is 51.4 Å². The van der Waals surface area contributed by atoms with Gasteiger partial charge >= 0.3 is 0 Å². The third-order valence-electron chi connectivity index (χ3n) is 4.59. The molecule has 2 fully saturated rings. The maximum atomic E-state index is 13.2. The molecule has 1 aliphatic heterocycles. The second kappa shape index (κ2) is 6.68. The summed E-state index contributed by atoms with van der Waals surface area (Å²) in [6.07, 6.45) is 6.30. The number of piperidine rings is 1. The Morgan fingerprint density at radius 2 is 1.95 bits per heavy atom. The normalized spacial score (nSPS) is 20.5. The number of rotatable bonds is 6. The minimum absolute atomic E-state index is 0.112. The molecule has 1 heterocycles. The molecule has 1 aliphatic carbocycles. The molecule has 3 rings (SSSR count). The van der Waals surface area contributed by atoms with Crippen molar-refractivity contribution in [2.45, 2.75) is 38.1 Å². The van der Waals surface area contributed by atoms with Crippen LogP contribution in [0.5, 0.6) is 0 Å². The third-order valence-corrected chi connectivity index (χ3v) is 4.59. The SMILES string of the molecule is Fc1cccc(CCN(CC2CCNCC2)C2CC2)c1. The molecule has 110 valence electrons. The number of hydrogen-bond acceptors (Lipinski definition) is 2. The second-order valence-corrected chi connectivity index (χ2v) is 6.30. The first-order valence-corrected chi connectivity index (χ1v) is 8.00. The van der Waals surface area contributed by atoms with E-state index in [0.717, 1.165) is 30.5 Å². The van der Waals surface area contributed by atoms with Gasteiger partial charge in [-0.25, -0.2) is 4.39 Å². The molecule has 1 saturated heterocycles. The minimum Gasteiger partial charge on any atom is -0.317 e. The van der Waals surface area contributed by atoms with E-state index in [0.29, 0.717) is 0 Å². The van der Waals surface area contributed by atoms with Crippen LogP contribution < -0.4 is 5.32 Å². The van der Waals surface area contributed by atoms with Crippen molar-refractivity contribution in [3.8, 4) is 0 Å². The molecule has 0 radical (unpaired) electrons. The first kappa shape index (κ1) is 14.0. The van der Waals surface area contributed by atoms with Crippen LogP contribution in [-0.4, -0.2) is 37.1 Å². The van der Waals surface area contributed by atoms with E-state index in [1.807, 2.05) is 12.1 Å². The van der Waals surface area contributed by atoms with Gasteiger partial charge in [-0.15, -0.1) is 0 Å². The van der Waals surface area contributed by atoms with Crippen LogP contribution in [0.25, 0.3) is 0 Å². The highest BCUT2D eigenvalue weighted by atomic mass is 19.1. The molecule has 2 nitrogen and oxygen atoms in total. The Hall–Kier alpha value is -0.930. The van der Waals surface area contributed by atoms with Gasteiger partial charge in [0.2, 0.25) is 0 Å². The van der Waals surface area contributed by atoms with Crippen LogP contribution in [0.3, 0.4) is 0 Å². The number of hydrogen-bond donors (Lipinski definition) is 1. The summed E-state index contributed by atoms with van der Waals surface area (Å²) in [6.45, 7) is 4.67. The topological polar surface area (TPSA) is 15.3 Å². The van der Waals surface area contributed by atoms with E-state index in [1.54, 1.807) is 6.07 Å². The van der Waals surface area contributed by atoms with Crippen LogP contribution in [0.4, 0.5) is 4.39 Å². The lowest BCUT2D eigenvalue weighted by Crippen LogP contribution is -2.38. The number of halogens is 1. The quantitative estimate of drug-likeness (QED) is 0.859. The van der Waals surface area contributed by atoms with E-state index in [4.69, 9.17) is 0 Å². The first-order chi connectivity index (χ1) is 9.81. The fourth-order valence-electron chi connectivity index (χ4n) is 3.22. The molecule has 0 spiro atoms. The predicted octanol–water partition coefficient (Wildman–Crippen LogP) is 2.83. The molecular formula is C17H25FN2. The summed E-state index contributed by atoms with van der Waals surface area (Å²) < 4.78 is 13.2. The summed E-state index contributed by atoms with van der Waals surface area (Å²) in [5, 5.41) is 3.44. The van der Waals surface area contributed by atoms with E-state index >= 15 is 0 Å². The molecule has 3 heteroatoms. The Balaban J connectivity index is 1.52. The third kappa shape index (κ3) is 4.03. The Morgan fingerprint density at radius 3 is 2.65 bits per heavy atom. The number of benzene rings is 1. The maximum absolute atomic E-state index is 13.2. The van der Waals surface area contributed by atoms with Crippen molar-refractivity contribution in [1.29, 1.82) is 0 Å². The van der Waals surface area contributed by atoms with Crippen molar-refractivity contribution in [1.82, 2.24) is 10.2 Å². The molecule has 1 aromatic carbocycles. The van der Waals surface area contributed by atoms with E-state index in [2.05, 4.69) is 10.2 Å². The van der Waals surface area contributed by atoms with Gasteiger partial charge in [0.25, 0.3) is 0 Å². The second-order valence-electron chi connectivity index (χ2n) is 6.30. The maximum Gasteiger partial charge on any atom is 0.123 e. The Labute approximate surface area is 121 Å². The van der Waals surface area contributed by atoms with Gasteiger partial charge in [0.15, 0.2) is 0 Å². The van der Waals surface area contributed by atoms with Crippen molar-refractivity contribution in [2.75, 3.05) is 26.2 Å². The fourth-order valence-corrected chi connectivity index (χ4v) is 3.22. The molecule has 0 unspecified atom stereocenters. The van der Waals surface area contributed by atoms with Gasteiger partial charge in [-0.3, -0.25) is 4.90 Å². The number of nitrogens with zero attached hydrogens (tertiary/aromatic N) is 1. The zero-order chi connectivity index (χ0) is 13.8. The van der Waals surface area contributed by atoms with Gasteiger partial charge < -0.3 is 5.32 Å². The average molecular weight is 276 g/mol. The van der Waals surface area contributed by atoms with Crippen LogP contribution in [0.2, 0.25) is 0 Å².